The molecule has 28 heavy (non-hydrogen) atoms. The van der Waals surface area contributed by atoms with Crippen molar-refractivity contribution >= 4 is 33.5 Å². The molecule has 1 unspecified atom stereocenters. The number of benzene rings is 3. The lowest BCUT2D eigenvalue weighted by molar-refractivity contribution is -0.384. The summed E-state index contributed by atoms with van der Waals surface area (Å²) < 4.78 is 7.66. The van der Waals surface area contributed by atoms with Crippen LogP contribution < -0.4 is 0 Å². The molecule has 0 radical (unpaired) electrons. The molecule has 1 aromatic heterocycles. The van der Waals surface area contributed by atoms with Crippen LogP contribution in [0.15, 0.2) is 66.7 Å². The standard InChI is InChI=1S/C21H16N2O5/c1-28-20(13-9-11-14(12-10-13)23(26)27)22-17-7-3-2-5-15(17)19-16(21(24)25)6-4-8-18(19)22/h2-12,20H,1H3,(H,24,25). The minimum absolute atomic E-state index is 0.00557. The molecule has 1 atom stereocenters. The van der Waals surface area contributed by atoms with E-state index < -0.39 is 17.1 Å². The molecule has 1 heterocycles. The number of methoxy groups -OCH3 is 1. The van der Waals surface area contributed by atoms with Crippen LogP contribution in [0.2, 0.25) is 0 Å². The van der Waals surface area contributed by atoms with Crippen LogP contribution in [-0.4, -0.2) is 27.7 Å². The first-order valence-corrected chi connectivity index (χ1v) is 8.55. The SMILES string of the molecule is COC(c1ccc([N+](=O)[O-])cc1)n1c2ccccc2c2c(C(=O)O)cccc21. The molecule has 0 fully saturated rings. The lowest BCUT2D eigenvalue weighted by Gasteiger charge is -2.20. The van der Waals surface area contributed by atoms with E-state index in [0.29, 0.717) is 10.9 Å². The second-order valence-electron chi connectivity index (χ2n) is 6.33. The minimum Gasteiger partial charge on any atom is -0.478 e. The second-order valence-corrected chi connectivity index (χ2v) is 6.33. The summed E-state index contributed by atoms with van der Waals surface area (Å²) in [5.74, 6) is -1.00. The molecular weight excluding hydrogens is 360 g/mol. The van der Waals surface area contributed by atoms with E-state index >= 15 is 0 Å². The van der Waals surface area contributed by atoms with Gasteiger partial charge in [-0.05, 0) is 30.3 Å². The van der Waals surface area contributed by atoms with Crippen LogP contribution >= 0.6 is 0 Å². The number of nitro benzene ring substituents is 1. The predicted molar refractivity (Wildman–Crippen MR) is 105 cm³/mol. The zero-order valence-corrected chi connectivity index (χ0v) is 14.9. The molecule has 140 valence electrons. The van der Waals surface area contributed by atoms with Crippen LogP contribution in [0, 0.1) is 10.1 Å². The largest absolute Gasteiger partial charge is 0.478 e. The quantitative estimate of drug-likeness (QED) is 0.406. The molecule has 0 saturated heterocycles. The molecule has 0 aliphatic heterocycles. The van der Waals surface area contributed by atoms with Gasteiger partial charge in [0.25, 0.3) is 5.69 Å². The fourth-order valence-electron chi connectivity index (χ4n) is 3.63. The number of rotatable bonds is 5. The second kappa shape index (κ2) is 6.79. The molecule has 0 spiro atoms. The Balaban J connectivity index is 2.01. The summed E-state index contributed by atoms with van der Waals surface area (Å²) in [6.45, 7) is 0. The number of ether oxygens (including phenoxy) is 1. The van der Waals surface area contributed by atoms with Crippen LogP contribution in [0.25, 0.3) is 21.8 Å². The number of nitrogens with zero attached hydrogens (tertiary/aromatic N) is 2. The zero-order chi connectivity index (χ0) is 19.8. The van der Waals surface area contributed by atoms with E-state index in [4.69, 9.17) is 4.74 Å². The molecule has 7 nitrogen and oxygen atoms in total. The van der Waals surface area contributed by atoms with E-state index in [1.807, 2.05) is 34.9 Å². The summed E-state index contributed by atoms with van der Waals surface area (Å²) in [6, 6.07) is 18.8. The lowest BCUT2D eigenvalue weighted by atomic mass is 10.1. The summed E-state index contributed by atoms with van der Waals surface area (Å²) in [5, 5.41) is 22.0. The molecule has 4 aromatic rings. The van der Waals surface area contributed by atoms with Crippen LogP contribution in [0.1, 0.15) is 22.1 Å². The Hall–Kier alpha value is -3.71. The van der Waals surface area contributed by atoms with Crippen molar-refractivity contribution in [3.05, 3.63) is 88.0 Å². The highest BCUT2D eigenvalue weighted by Gasteiger charge is 2.23. The highest BCUT2D eigenvalue weighted by molar-refractivity contribution is 6.16. The van der Waals surface area contributed by atoms with Crippen LogP contribution in [0.4, 0.5) is 5.69 Å². The monoisotopic (exact) mass is 376 g/mol. The highest BCUT2D eigenvalue weighted by Crippen LogP contribution is 2.36. The van der Waals surface area contributed by atoms with E-state index in [0.717, 1.165) is 16.5 Å². The molecule has 1 N–H and O–H groups in total. The van der Waals surface area contributed by atoms with Crippen LogP contribution in [-0.2, 0) is 4.74 Å². The van der Waals surface area contributed by atoms with Gasteiger partial charge in [0.2, 0.25) is 0 Å². The van der Waals surface area contributed by atoms with Gasteiger partial charge < -0.3 is 14.4 Å². The van der Waals surface area contributed by atoms with Crippen LogP contribution in [0.3, 0.4) is 0 Å². The van der Waals surface area contributed by atoms with Gasteiger partial charge in [-0.1, -0.05) is 24.3 Å². The number of fused-ring (bicyclic) bond motifs is 3. The topological polar surface area (TPSA) is 94.6 Å². The van der Waals surface area contributed by atoms with Gasteiger partial charge in [-0.25, -0.2) is 4.79 Å². The van der Waals surface area contributed by atoms with Gasteiger partial charge >= 0.3 is 5.97 Å². The van der Waals surface area contributed by atoms with Crippen LogP contribution in [0.5, 0.6) is 0 Å². The maximum absolute atomic E-state index is 11.8. The van der Waals surface area contributed by atoms with Gasteiger partial charge in [0.1, 0.15) is 0 Å². The predicted octanol–water partition coefficient (Wildman–Crippen LogP) is 4.59. The summed E-state index contributed by atoms with van der Waals surface area (Å²) in [4.78, 5) is 22.3. The average Bonchev–Trinajstić information content (AvgIpc) is 3.04. The molecule has 0 aliphatic carbocycles. The number of aromatic nitrogens is 1. The number of carbonyl (C=O) groups is 1. The Bertz CT molecular complexity index is 1210. The molecule has 3 aromatic carbocycles. The molecule has 4 rings (SSSR count). The van der Waals surface area contributed by atoms with Crippen molar-refractivity contribution in [3.8, 4) is 0 Å². The van der Waals surface area contributed by atoms with Crippen molar-refractivity contribution in [2.24, 2.45) is 0 Å². The van der Waals surface area contributed by atoms with Gasteiger partial charge in [-0.2, -0.15) is 0 Å². The molecule has 7 heteroatoms. The molecular formula is C21H16N2O5. The Labute approximate surface area is 159 Å². The lowest BCUT2D eigenvalue weighted by Crippen LogP contribution is -2.12. The van der Waals surface area contributed by atoms with Gasteiger partial charge in [0, 0.05) is 35.6 Å². The number of nitro groups is 1. The Morgan fingerprint density at radius 2 is 1.71 bits per heavy atom. The maximum Gasteiger partial charge on any atom is 0.336 e. The molecule has 0 bridgehead atoms. The Morgan fingerprint density at radius 3 is 2.36 bits per heavy atom. The number of carboxylic acids is 1. The number of non-ortho nitro benzene ring substituents is 1. The third kappa shape index (κ3) is 2.69. The van der Waals surface area contributed by atoms with Gasteiger partial charge in [0.15, 0.2) is 6.23 Å². The van der Waals surface area contributed by atoms with Crippen molar-refractivity contribution in [2.45, 2.75) is 6.23 Å². The van der Waals surface area contributed by atoms with E-state index in [2.05, 4.69) is 0 Å². The normalized spacial score (nSPS) is 12.3. The van der Waals surface area contributed by atoms with E-state index in [-0.39, 0.29) is 11.3 Å². The van der Waals surface area contributed by atoms with E-state index in [1.165, 1.54) is 12.1 Å². The Kier molecular flexibility index (Phi) is 4.29. The number of para-hydroxylation sites is 1. The van der Waals surface area contributed by atoms with Gasteiger partial charge in [0.05, 0.1) is 21.5 Å². The first-order chi connectivity index (χ1) is 13.5. The smallest absolute Gasteiger partial charge is 0.336 e. The zero-order valence-electron chi connectivity index (χ0n) is 14.9. The average molecular weight is 376 g/mol. The first-order valence-electron chi connectivity index (χ1n) is 8.55. The number of aromatic carboxylic acids is 1. The minimum atomic E-state index is -1.00. The summed E-state index contributed by atoms with van der Waals surface area (Å²) in [6.07, 6.45) is -0.577. The van der Waals surface area contributed by atoms with Crippen molar-refractivity contribution in [1.29, 1.82) is 0 Å². The first kappa shape index (κ1) is 17.7. The van der Waals surface area contributed by atoms with Crippen molar-refractivity contribution in [3.63, 3.8) is 0 Å². The van der Waals surface area contributed by atoms with Gasteiger partial charge in [-0.3, -0.25) is 10.1 Å². The summed E-state index contributed by atoms with van der Waals surface area (Å²) in [5.41, 5.74) is 2.46. The Morgan fingerprint density at radius 1 is 1.04 bits per heavy atom. The maximum atomic E-state index is 11.8. The van der Waals surface area contributed by atoms with Crippen molar-refractivity contribution < 1.29 is 19.6 Å². The summed E-state index contributed by atoms with van der Waals surface area (Å²) >= 11 is 0. The van der Waals surface area contributed by atoms with E-state index in [1.54, 1.807) is 31.4 Å². The fourth-order valence-corrected chi connectivity index (χ4v) is 3.63. The van der Waals surface area contributed by atoms with Crippen molar-refractivity contribution in [2.75, 3.05) is 7.11 Å². The molecule has 0 aliphatic rings. The fraction of sp³-hybridized carbons (Fsp3) is 0.0952. The van der Waals surface area contributed by atoms with Gasteiger partial charge in [-0.15, -0.1) is 0 Å². The highest BCUT2D eigenvalue weighted by atomic mass is 16.6. The number of carboxylic acid groups (broad SMARTS) is 1. The third-order valence-electron chi connectivity index (χ3n) is 4.81. The molecule has 0 amide bonds. The number of hydrogen-bond acceptors (Lipinski definition) is 4. The number of hydrogen-bond donors (Lipinski definition) is 1. The summed E-state index contributed by atoms with van der Waals surface area (Å²) in [7, 11) is 1.55. The van der Waals surface area contributed by atoms with E-state index in [9.17, 15) is 20.0 Å². The van der Waals surface area contributed by atoms with Crippen molar-refractivity contribution in [1.82, 2.24) is 4.57 Å². The third-order valence-corrected chi connectivity index (χ3v) is 4.81. The molecule has 0 saturated carbocycles.